The van der Waals surface area contributed by atoms with Crippen LogP contribution in [0.25, 0.3) is 10.9 Å². The molecule has 2 aromatic rings. The van der Waals surface area contributed by atoms with Gasteiger partial charge in [0.15, 0.2) is 23.1 Å². The van der Waals surface area contributed by atoms with E-state index in [1.165, 1.54) is 19.5 Å². The molecule has 1 aromatic heterocycles. The van der Waals surface area contributed by atoms with Crippen molar-refractivity contribution < 1.29 is 28.5 Å². The van der Waals surface area contributed by atoms with E-state index in [-0.39, 0.29) is 41.4 Å². The third-order valence-electron chi connectivity index (χ3n) is 4.74. The van der Waals surface area contributed by atoms with Crippen molar-refractivity contribution in [2.24, 2.45) is 4.99 Å². The van der Waals surface area contributed by atoms with E-state index in [0.717, 1.165) is 6.42 Å². The van der Waals surface area contributed by atoms with Gasteiger partial charge in [0.25, 0.3) is 0 Å². The molecule has 0 bridgehead atoms. The van der Waals surface area contributed by atoms with Crippen LogP contribution in [0.15, 0.2) is 35.3 Å². The minimum atomic E-state index is -0.379. The number of nitrogens with zero attached hydrogens (tertiary/aromatic N) is 3. The molecule has 0 saturated carbocycles. The summed E-state index contributed by atoms with van der Waals surface area (Å²) >= 11 is 0. The molecule has 1 heterocycles. The number of ketones is 2. The average molecular weight is 427 g/mol. The smallest absolute Gasteiger partial charge is 0.204 e. The first-order valence-corrected chi connectivity index (χ1v) is 9.94. The van der Waals surface area contributed by atoms with Crippen molar-refractivity contribution >= 4 is 34.0 Å². The van der Waals surface area contributed by atoms with Gasteiger partial charge in [0.2, 0.25) is 11.6 Å². The van der Waals surface area contributed by atoms with Gasteiger partial charge in [-0.3, -0.25) is 9.59 Å². The quantitative estimate of drug-likeness (QED) is 0.562. The normalized spacial score (nSPS) is 16.4. The number of Topliss-reactive ketones (excluding diaryl/α,β-unsaturated/α-hetero) is 1. The van der Waals surface area contributed by atoms with E-state index < -0.39 is 0 Å². The molecule has 0 spiro atoms. The molecule has 0 saturated heterocycles. The van der Waals surface area contributed by atoms with Gasteiger partial charge in [0.05, 0.1) is 37.5 Å². The number of fused-ring (bicyclic) bond motifs is 1. The van der Waals surface area contributed by atoms with Crippen molar-refractivity contribution in [2.75, 3.05) is 27.4 Å². The summed E-state index contributed by atoms with van der Waals surface area (Å²) in [6, 6.07) is 3.40. The van der Waals surface area contributed by atoms with Crippen molar-refractivity contribution in [1.29, 1.82) is 0 Å². The van der Waals surface area contributed by atoms with Crippen LogP contribution < -0.4 is 9.47 Å². The predicted octanol–water partition coefficient (Wildman–Crippen LogP) is 2.98. The first kappa shape index (κ1) is 22.4. The highest BCUT2D eigenvalue weighted by Gasteiger charge is 2.27. The number of hydrogen-bond acceptors (Lipinski definition) is 9. The van der Waals surface area contributed by atoms with Crippen LogP contribution >= 0.6 is 0 Å². The Balaban J connectivity index is 1.95. The predicted molar refractivity (Wildman–Crippen MR) is 114 cm³/mol. The molecule has 3 rings (SSSR count). The molecule has 31 heavy (non-hydrogen) atoms. The molecule has 0 N–H and O–H groups in total. The summed E-state index contributed by atoms with van der Waals surface area (Å²) in [5, 5.41) is 0.567. The third kappa shape index (κ3) is 5.24. The van der Waals surface area contributed by atoms with Gasteiger partial charge in [-0.05, 0) is 19.4 Å². The van der Waals surface area contributed by atoms with Crippen molar-refractivity contribution in [2.45, 2.75) is 32.8 Å². The van der Waals surface area contributed by atoms with Crippen LogP contribution in [0.4, 0.5) is 5.82 Å². The molecular weight excluding hydrogens is 402 g/mol. The number of ether oxygens (including phenoxy) is 4. The number of carbonyl (C=O) groups is 2. The van der Waals surface area contributed by atoms with Crippen LogP contribution in [0.2, 0.25) is 0 Å². The number of aliphatic imine (C=N–C) groups is 1. The van der Waals surface area contributed by atoms with E-state index in [0.29, 0.717) is 35.6 Å². The van der Waals surface area contributed by atoms with Crippen LogP contribution in [0, 0.1) is 0 Å². The molecule has 0 fully saturated rings. The second-order valence-corrected chi connectivity index (χ2v) is 6.93. The zero-order valence-electron chi connectivity index (χ0n) is 18.0. The molecule has 1 aliphatic rings. The van der Waals surface area contributed by atoms with E-state index >= 15 is 0 Å². The van der Waals surface area contributed by atoms with E-state index in [4.69, 9.17) is 18.9 Å². The Morgan fingerprint density at radius 3 is 2.65 bits per heavy atom. The van der Waals surface area contributed by atoms with E-state index in [9.17, 15) is 9.59 Å². The number of hydrogen-bond donors (Lipinski definition) is 0. The minimum Gasteiger partial charge on any atom is -0.493 e. The van der Waals surface area contributed by atoms with Gasteiger partial charge in [-0.15, -0.1) is 0 Å². The molecule has 1 unspecified atom stereocenters. The maximum absolute atomic E-state index is 12.5. The lowest BCUT2D eigenvalue weighted by molar-refractivity contribution is -0.120. The second-order valence-electron chi connectivity index (χ2n) is 6.93. The van der Waals surface area contributed by atoms with Gasteiger partial charge in [-0.1, -0.05) is 6.92 Å². The molecule has 1 aromatic carbocycles. The number of carbonyl (C=O) groups excluding carboxylic acids is 2. The molecular formula is C22H25N3O6. The Labute approximate surface area is 180 Å². The van der Waals surface area contributed by atoms with Crippen molar-refractivity contribution in [3.8, 4) is 11.5 Å². The largest absolute Gasteiger partial charge is 0.493 e. The van der Waals surface area contributed by atoms with Crippen LogP contribution in [-0.4, -0.2) is 60.8 Å². The third-order valence-corrected chi connectivity index (χ3v) is 4.74. The van der Waals surface area contributed by atoms with Gasteiger partial charge in [-0.2, -0.15) is 0 Å². The molecule has 1 aliphatic carbocycles. The summed E-state index contributed by atoms with van der Waals surface area (Å²) in [6.07, 6.45) is 2.96. The van der Waals surface area contributed by atoms with E-state index in [1.54, 1.807) is 19.2 Å². The summed E-state index contributed by atoms with van der Waals surface area (Å²) < 4.78 is 21.6. The first-order valence-electron chi connectivity index (χ1n) is 9.94. The maximum atomic E-state index is 12.5. The molecule has 9 heteroatoms. The van der Waals surface area contributed by atoms with E-state index in [2.05, 4.69) is 15.0 Å². The van der Waals surface area contributed by atoms with Crippen LogP contribution in [-0.2, 0) is 19.1 Å². The first-order chi connectivity index (χ1) is 15.0. The van der Waals surface area contributed by atoms with Gasteiger partial charge < -0.3 is 18.9 Å². The fourth-order valence-electron chi connectivity index (χ4n) is 2.88. The Hall–Kier alpha value is -3.33. The SMILES string of the molecule is CCC(C)OC1=CC(=O)C(=Nc2ncnc3cc(OCCOC)c(OC)cc23)CC1=O. The lowest BCUT2D eigenvalue weighted by Gasteiger charge is -2.18. The van der Waals surface area contributed by atoms with Crippen molar-refractivity contribution in [3.63, 3.8) is 0 Å². The molecule has 0 aliphatic heterocycles. The van der Waals surface area contributed by atoms with Crippen molar-refractivity contribution in [3.05, 3.63) is 30.3 Å². The maximum Gasteiger partial charge on any atom is 0.204 e. The lowest BCUT2D eigenvalue weighted by Crippen LogP contribution is -2.26. The minimum absolute atomic E-state index is 0.0744. The lowest BCUT2D eigenvalue weighted by atomic mass is 10.0. The van der Waals surface area contributed by atoms with Crippen LogP contribution in [0.5, 0.6) is 11.5 Å². The summed E-state index contributed by atoms with van der Waals surface area (Å²) in [6.45, 7) is 4.56. The number of methoxy groups -OCH3 is 2. The average Bonchev–Trinajstić information content (AvgIpc) is 2.76. The topological polar surface area (TPSA) is 109 Å². The highest BCUT2D eigenvalue weighted by molar-refractivity contribution is 6.50. The summed E-state index contributed by atoms with van der Waals surface area (Å²) in [7, 11) is 3.11. The summed E-state index contributed by atoms with van der Waals surface area (Å²) in [5.74, 6) is 0.644. The molecule has 1 atom stereocenters. The molecule has 0 amide bonds. The number of allylic oxidation sites excluding steroid dienone is 2. The second kappa shape index (κ2) is 10.1. The van der Waals surface area contributed by atoms with Gasteiger partial charge in [-0.25, -0.2) is 15.0 Å². The Morgan fingerprint density at radius 1 is 1.13 bits per heavy atom. The zero-order chi connectivity index (χ0) is 22.4. The fraction of sp³-hybridized carbons (Fsp3) is 0.409. The monoisotopic (exact) mass is 427 g/mol. The van der Waals surface area contributed by atoms with Gasteiger partial charge >= 0.3 is 0 Å². The number of rotatable bonds is 9. The summed E-state index contributed by atoms with van der Waals surface area (Å²) in [5.41, 5.74) is 0.661. The van der Waals surface area contributed by atoms with Gasteiger partial charge in [0, 0.05) is 24.6 Å². The standard InChI is InChI=1S/C22H25N3O6/c1-5-13(2)31-19-11-17(26)16(9-18(19)27)25-22-14-8-20(29-4)21(30-7-6-28-3)10-15(14)23-12-24-22/h8,10-13H,5-7,9H2,1-4H3. The van der Waals surface area contributed by atoms with Crippen LogP contribution in [0.1, 0.15) is 26.7 Å². The fourth-order valence-corrected chi connectivity index (χ4v) is 2.88. The van der Waals surface area contributed by atoms with E-state index in [1.807, 2.05) is 13.8 Å². The van der Waals surface area contributed by atoms with Crippen LogP contribution in [0.3, 0.4) is 0 Å². The Morgan fingerprint density at radius 2 is 1.94 bits per heavy atom. The Kier molecular flexibility index (Phi) is 7.30. The molecule has 0 radical (unpaired) electrons. The summed E-state index contributed by atoms with van der Waals surface area (Å²) in [4.78, 5) is 37.8. The molecule has 9 nitrogen and oxygen atoms in total. The highest BCUT2D eigenvalue weighted by atomic mass is 16.5. The van der Waals surface area contributed by atoms with Crippen molar-refractivity contribution in [1.82, 2.24) is 9.97 Å². The number of aromatic nitrogens is 2. The Bertz CT molecular complexity index is 1050. The van der Waals surface area contributed by atoms with Gasteiger partial charge in [0.1, 0.15) is 12.9 Å². The number of benzene rings is 1. The highest BCUT2D eigenvalue weighted by Crippen LogP contribution is 2.35. The zero-order valence-corrected chi connectivity index (χ0v) is 18.0. The molecule has 164 valence electrons.